The summed E-state index contributed by atoms with van der Waals surface area (Å²) in [5, 5.41) is 7.94. The Kier molecular flexibility index (Phi) is 6.56. The number of methoxy groups -OCH3 is 1. The van der Waals surface area contributed by atoms with Crippen molar-refractivity contribution >= 4 is 11.8 Å². The molecule has 0 atom stereocenters. The number of hydrogen-bond donors (Lipinski definition) is 2. The first-order valence-electron chi connectivity index (χ1n) is 11.1. The summed E-state index contributed by atoms with van der Waals surface area (Å²) in [4.78, 5) is 26.5. The van der Waals surface area contributed by atoms with Crippen molar-refractivity contribution in [2.75, 3.05) is 20.2 Å². The van der Waals surface area contributed by atoms with E-state index < -0.39 is 0 Å². The molecular formula is C23H31N5O3. The largest absolute Gasteiger partial charge is 0.497 e. The SMILES string of the molecule is COc1ccc(Cn2nc(C(=O)NC3CCCC3)c3c2CCN(CCC(N)=O)C3)cc1. The number of hydrogen-bond acceptors (Lipinski definition) is 5. The summed E-state index contributed by atoms with van der Waals surface area (Å²) < 4.78 is 7.21. The maximum Gasteiger partial charge on any atom is 0.272 e. The summed E-state index contributed by atoms with van der Waals surface area (Å²) in [6.45, 7) is 2.63. The van der Waals surface area contributed by atoms with Crippen LogP contribution >= 0.6 is 0 Å². The van der Waals surface area contributed by atoms with Gasteiger partial charge in [-0.25, -0.2) is 0 Å². The number of nitrogens with one attached hydrogen (secondary N) is 1. The lowest BCUT2D eigenvalue weighted by Crippen LogP contribution is -2.36. The quantitative estimate of drug-likeness (QED) is 0.672. The minimum Gasteiger partial charge on any atom is -0.497 e. The van der Waals surface area contributed by atoms with Gasteiger partial charge in [0.05, 0.1) is 13.7 Å². The summed E-state index contributed by atoms with van der Waals surface area (Å²) in [6.07, 6.45) is 5.50. The molecule has 1 saturated carbocycles. The molecule has 0 unspecified atom stereocenters. The van der Waals surface area contributed by atoms with Gasteiger partial charge in [-0.1, -0.05) is 25.0 Å². The lowest BCUT2D eigenvalue weighted by Gasteiger charge is -2.27. The van der Waals surface area contributed by atoms with Crippen LogP contribution in [0.25, 0.3) is 0 Å². The Morgan fingerprint density at radius 3 is 2.65 bits per heavy atom. The monoisotopic (exact) mass is 425 g/mol. The number of fused-ring (bicyclic) bond motifs is 1. The maximum absolute atomic E-state index is 13.1. The molecule has 0 spiro atoms. The first-order valence-corrected chi connectivity index (χ1v) is 11.1. The number of nitrogens with zero attached hydrogens (tertiary/aromatic N) is 3. The number of carbonyl (C=O) groups excluding carboxylic acids is 2. The van der Waals surface area contributed by atoms with E-state index in [1.54, 1.807) is 7.11 Å². The standard InChI is InChI=1S/C23H31N5O3/c1-31-18-8-6-16(7-9-18)14-28-20-10-12-27(13-11-21(24)29)15-19(20)22(26-28)23(30)25-17-4-2-3-5-17/h6-9,17H,2-5,10-15H2,1H3,(H2,24,29)(H,25,30). The van der Waals surface area contributed by atoms with Gasteiger partial charge in [-0.05, 0) is 30.5 Å². The second-order valence-electron chi connectivity index (χ2n) is 8.48. The van der Waals surface area contributed by atoms with Gasteiger partial charge in [-0.15, -0.1) is 0 Å². The number of rotatable bonds is 8. The van der Waals surface area contributed by atoms with Gasteiger partial charge in [0, 0.05) is 49.8 Å². The third kappa shape index (κ3) is 5.07. The van der Waals surface area contributed by atoms with E-state index in [-0.39, 0.29) is 17.9 Å². The Morgan fingerprint density at radius 2 is 1.97 bits per heavy atom. The minimum atomic E-state index is -0.305. The number of primary amides is 1. The van der Waals surface area contributed by atoms with E-state index in [4.69, 9.17) is 15.6 Å². The van der Waals surface area contributed by atoms with Gasteiger partial charge in [0.15, 0.2) is 5.69 Å². The molecule has 0 radical (unpaired) electrons. The predicted octanol–water partition coefficient (Wildman–Crippen LogP) is 1.85. The Morgan fingerprint density at radius 1 is 1.23 bits per heavy atom. The van der Waals surface area contributed by atoms with Crippen molar-refractivity contribution < 1.29 is 14.3 Å². The molecule has 4 rings (SSSR count). The molecule has 0 saturated heterocycles. The molecule has 8 nitrogen and oxygen atoms in total. The van der Waals surface area contributed by atoms with E-state index >= 15 is 0 Å². The van der Waals surface area contributed by atoms with Crippen LogP contribution in [0.1, 0.15) is 59.4 Å². The van der Waals surface area contributed by atoms with Crippen LogP contribution in [0.15, 0.2) is 24.3 Å². The van der Waals surface area contributed by atoms with Crippen LogP contribution in [-0.4, -0.2) is 52.7 Å². The smallest absolute Gasteiger partial charge is 0.272 e. The Balaban J connectivity index is 1.58. The van der Waals surface area contributed by atoms with Crippen LogP contribution in [0, 0.1) is 0 Å². The van der Waals surface area contributed by atoms with Crippen LogP contribution in [0.4, 0.5) is 0 Å². The maximum atomic E-state index is 13.1. The van der Waals surface area contributed by atoms with Crippen LogP contribution in [0.5, 0.6) is 5.75 Å². The molecule has 2 aromatic rings. The van der Waals surface area contributed by atoms with Crippen molar-refractivity contribution in [2.45, 2.75) is 57.7 Å². The second kappa shape index (κ2) is 9.51. The van der Waals surface area contributed by atoms with Gasteiger partial charge >= 0.3 is 0 Å². The van der Waals surface area contributed by atoms with Crippen molar-refractivity contribution in [1.82, 2.24) is 20.0 Å². The van der Waals surface area contributed by atoms with Crippen LogP contribution < -0.4 is 15.8 Å². The first-order chi connectivity index (χ1) is 15.0. The molecule has 1 fully saturated rings. The van der Waals surface area contributed by atoms with E-state index in [1.807, 2.05) is 28.9 Å². The number of carbonyl (C=O) groups is 2. The molecule has 2 amide bonds. The number of amides is 2. The summed E-state index contributed by atoms with van der Waals surface area (Å²) in [5.41, 5.74) is 9.02. The van der Waals surface area contributed by atoms with E-state index in [1.165, 1.54) is 0 Å². The molecule has 166 valence electrons. The fraction of sp³-hybridized carbons (Fsp3) is 0.522. The predicted molar refractivity (Wildman–Crippen MR) is 117 cm³/mol. The average molecular weight is 426 g/mol. The molecule has 2 aliphatic rings. The Bertz CT molecular complexity index is 931. The number of nitrogens with two attached hydrogens (primary N) is 1. The molecule has 31 heavy (non-hydrogen) atoms. The van der Waals surface area contributed by atoms with Crippen molar-refractivity contribution in [2.24, 2.45) is 5.73 Å². The molecule has 0 bridgehead atoms. The van der Waals surface area contributed by atoms with Crippen molar-refractivity contribution in [3.8, 4) is 5.75 Å². The summed E-state index contributed by atoms with van der Waals surface area (Å²) >= 11 is 0. The summed E-state index contributed by atoms with van der Waals surface area (Å²) in [6, 6.07) is 8.15. The number of ether oxygens (including phenoxy) is 1. The zero-order valence-corrected chi connectivity index (χ0v) is 18.1. The fourth-order valence-corrected chi connectivity index (χ4v) is 4.55. The average Bonchev–Trinajstić information content (AvgIpc) is 3.40. The van der Waals surface area contributed by atoms with Crippen LogP contribution in [0.2, 0.25) is 0 Å². The zero-order chi connectivity index (χ0) is 21.8. The van der Waals surface area contributed by atoms with Gasteiger partial charge in [0.2, 0.25) is 5.91 Å². The van der Waals surface area contributed by atoms with Crippen molar-refractivity contribution in [3.63, 3.8) is 0 Å². The number of benzene rings is 1. The third-order valence-electron chi connectivity index (χ3n) is 6.28. The fourth-order valence-electron chi connectivity index (χ4n) is 4.55. The Hall–Kier alpha value is -2.87. The highest BCUT2D eigenvalue weighted by molar-refractivity contribution is 5.94. The van der Waals surface area contributed by atoms with Gasteiger partial charge in [-0.3, -0.25) is 19.2 Å². The van der Waals surface area contributed by atoms with E-state index in [0.717, 1.165) is 61.2 Å². The first kappa shape index (κ1) is 21.4. The van der Waals surface area contributed by atoms with Crippen molar-refractivity contribution in [3.05, 3.63) is 46.8 Å². The zero-order valence-electron chi connectivity index (χ0n) is 18.1. The lowest BCUT2D eigenvalue weighted by molar-refractivity contribution is -0.118. The van der Waals surface area contributed by atoms with E-state index in [2.05, 4.69) is 10.2 Å². The van der Waals surface area contributed by atoms with Gasteiger partial charge in [0.1, 0.15) is 5.75 Å². The lowest BCUT2D eigenvalue weighted by atomic mass is 10.0. The molecule has 1 aliphatic heterocycles. The highest BCUT2D eigenvalue weighted by Gasteiger charge is 2.29. The molecule has 1 aromatic carbocycles. The summed E-state index contributed by atoms with van der Waals surface area (Å²) in [7, 11) is 1.65. The number of aromatic nitrogens is 2. The highest BCUT2D eigenvalue weighted by Crippen LogP contribution is 2.25. The normalized spacial score (nSPS) is 16.8. The summed E-state index contributed by atoms with van der Waals surface area (Å²) in [5.74, 6) is 0.418. The molecule has 3 N–H and O–H groups in total. The molecule has 1 aromatic heterocycles. The Labute approximate surface area is 182 Å². The third-order valence-corrected chi connectivity index (χ3v) is 6.28. The van der Waals surface area contributed by atoms with E-state index in [9.17, 15) is 9.59 Å². The molecule has 2 heterocycles. The second-order valence-corrected chi connectivity index (χ2v) is 8.48. The van der Waals surface area contributed by atoms with Gasteiger partial charge < -0.3 is 15.8 Å². The topological polar surface area (TPSA) is 102 Å². The van der Waals surface area contributed by atoms with Crippen LogP contribution in [-0.2, 0) is 24.3 Å². The van der Waals surface area contributed by atoms with Crippen molar-refractivity contribution in [1.29, 1.82) is 0 Å². The van der Waals surface area contributed by atoms with E-state index in [0.29, 0.717) is 31.7 Å². The molecule has 1 aliphatic carbocycles. The van der Waals surface area contributed by atoms with Gasteiger partial charge in [0.25, 0.3) is 5.91 Å². The minimum absolute atomic E-state index is 0.0895. The molecular weight excluding hydrogens is 394 g/mol. The van der Waals surface area contributed by atoms with Crippen LogP contribution in [0.3, 0.4) is 0 Å². The highest BCUT2D eigenvalue weighted by atomic mass is 16.5. The van der Waals surface area contributed by atoms with Gasteiger partial charge in [-0.2, -0.15) is 5.10 Å². The molecule has 8 heteroatoms.